The van der Waals surface area contributed by atoms with Gasteiger partial charge >= 0.3 is 5.97 Å². The summed E-state index contributed by atoms with van der Waals surface area (Å²) in [7, 11) is 0. The fraction of sp³-hybridized carbons (Fsp3) is 0.273. The number of nitrogens with zero attached hydrogens (tertiary/aromatic N) is 5. The molecule has 0 atom stereocenters. The van der Waals surface area contributed by atoms with Crippen LogP contribution in [0.15, 0.2) is 84.8 Å². The summed E-state index contributed by atoms with van der Waals surface area (Å²) in [6.45, 7) is 4.06. The van der Waals surface area contributed by atoms with Crippen LogP contribution in [0.1, 0.15) is 46.3 Å². The Kier molecular flexibility index (Phi) is 7.01. The number of fused-ring (bicyclic) bond motifs is 2. The highest BCUT2D eigenvalue weighted by molar-refractivity contribution is 5.92. The van der Waals surface area contributed by atoms with Crippen molar-refractivity contribution in [1.29, 1.82) is 0 Å². The number of piperidine rings is 1. The summed E-state index contributed by atoms with van der Waals surface area (Å²) >= 11 is 0. The third-order valence-electron chi connectivity index (χ3n) is 8.20. The van der Waals surface area contributed by atoms with Gasteiger partial charge in [-0.1, -0.05) is 30.3 Å². The largest absolute Gasteiger partial charge is 0.492 e. The van der Waals surface area contributed by atoms with Crippen LogP contribution in [-0.4, -0.2) is 55.2 Å². The second kappa shape index (κ2) is 11.3. The highest BCUT2D eigenvalue weighted by atomic mass is 16.5. The smallest absolute Gasteiger partial charge is 0.335 e. The van der Waals surface area contributed by atoms with Crippen molar-refractivity contribution in [3.63, 3.8) is 0 Å². The van der Waals surface area contributed by atoms with Crippen LogP contribution >= 0.6 is 0 Å². The van der Waals surface area contributed by atoms with E-state index in [0.29, 0.717) is 38.1 Å². The van der Waals surface area contributed by atoms with Crippen molar-refractivity contribution in [2.45, 2.75) is 38.5 Å². The number of aromatic nitrogens is 4. The molecule has 5 heterocycles. The van der Waals surface area contributed by atoms with E-state index < -0.39 is 5.97 Å². The highest BCUT2D eigenvalue weighted by Gasteiger charge is 2.25. The summed E-state index contributed by atoms with van der Waals surface area (Å²) in [4.78, 5) is 28.3. The van der Waals surface area contributed by atoms with Crippen molar-refractivity contribution < 1.29 is 19.4 Å². The van der Waals surface area contributed by atoms with Crippen LogP contribution in [0.3, 0.4) is 0 Å². The van der Waals surface area contributed by atoms with Gasteiger partial charge in [0.25, 0.3) is 0 Å². The van der Waals surface area contributed by atoms with E-state index >= 15 is 0 Å². The lowest BCUT2D eigenvalue weighted by atomic mass is 9.93. The number of hydrogen-bond donors (Lipinski definition) is 1. The summed E-state index contributed by atoms with van der Waals surface area (Å²) < 4.78 is 13.8. The zero-order chi connectivity index (χ0) is 28.5. The van der Waals surface area contributed by atoms with Gasteiger partial charge in [0.2, 0.25) is 5.88 Å². The number of carboxylic acid groups (broad SMARTS) is 1. The Bertz CT molecular complexity index is 1800. The molecule has 9 heteroatoms. The monoisotopic (exact) mass is 561 g/mol. The fourth-order valence-electron chi connectivity index (χ4n) is 5.83. The molecule has 42 heavy (non-hydrogen) atoms. The lowest BCUT2D eigenvalue weighted by Gasteiger charge is -2.31. The van der Waals surface area contributed by atoms with Crippen LogP contribution in [0, 0.1) is 0 Å². The number of carboxylic acids is 1. The van der Waals surface area contributed by atoms with Crippen molar-refractivity contribution in [2.24, 2.45) is 0 Å². The van der Waals surface area contributed by atoms with Crippen molar-refractivity contribution in [1.82, 2.24) is 24.4 Å². The van der Waals surface area contributed by atoms with Gasteiger partial charge in [-0.05, 0) is 67.7 Å². The molecular formula is C33H31N5O4. The second-order valence-corrected chi connectivity index (χ2v) is 10.8. The van der Waals surface area contributed by atoms with E-state index in [1.54, 1.807) is 18.2 Å². The van der Waals surface area contributed by atoms with Gasteiger partial charge in [0.1, 0.15) is 24.8 Å². The third kappa shape index (κ3) is 5.31. The predicted molar refractivity (Wildman–Crippen MR) is 158 cm³/mol. The molecule has 3 aromatic heterocycles. The molecule has 2 aliphatic heterocycles. The van der Waals surface area contributed by atoms with Crippen LogP contribution in [0.4, 0.5) is 0 Å². The molecule has 5 aromatic rings. The molecule has 1 saturated heterocycles. The van der Waals surface area contributed by atoms with Gasteiger partial charge in [-0.2, -0.15) is 0 Å². The fourth-order valence-corrected chi connectivity index (χ4v) is 5.83. The zero-order valence-electron chi connectivity index (χ0n) is 23.1. The Morgan fingerprint density at radius 1 is 1.00 bits per heavy atom. The van der Waals surface area contributed by atoms with E-state index in [1.807, 2.05) is 42.6 Å². The van der Waals surface area contributed by atoms with Crippen molar-refractivity contribution in [3.05, 3.63) is 108 Å². The molecule has 0 spiro atoms. The number of rotatable bonds is 9. The average molecular weight is 562 g/mol. The molecule has 2 aliphatic rings. The molecule has 1 fully saturated rings. The maximum absolute atomic E-state index is 11.6. The Balaban J connectivity index is 1.02. The van der Waals surface area contributed by atoms with Gasteiger partial charge in [0.15, 0.2) is 0 Å². The number of pyridine rings is 2. The second-order valence-electron chi connectivity index (χ2n) is 10.8. The van der Waals surface area contributed by atoms with E-state index in [9.17, 15) is 9.90 Å². The number of carbonyl (C=O) groups is 1. The first-order chi connectivity index (χ1) is 20.6. The number of imidazole rings is 1. The normalized spacial score (nSPS) is 15.8. The van der Waals surface area contributed by atoms with Crippen molar-refractivity contribution in [2.75, 3.05) is 19.7 Å². The standard InChI is InChI=1S/C33H31N5O4/c39-33(40)24-8-9-28-30(18-24)38(19-25-13-17-41-25)31(35-28)20-37-15-11-23(12-16-37)27-6-3-7-32(36-27)42-21-29-26-5-2-1-4-22(26)10-14-34-29/h1-10,13-14,18,23H,11-12,15-17,19-21H2,(H,39,40). The Hall–Kier alpha value is -4.76. The SMILES string of the molecule is O=C(O)c1ccc2nc(CN3CCC(c4cccc(OCc5nccc6ccccc56)n4)CC3)n(CC3=CCO3)c2c1. The minimum atomic E-state index is -0.944. The topological polar surface area (TPSA) is 103 Å². The summed E-state index contributed by atoms with van der Waals surface area (Å²) in [5.74, 6) is 1.83. The van der Waals surface area contributed by atoms with E-state index in [2.05, 4.69) is 32.7 Å². The first-order valence-corrected chi connectivity index (χ1v) is 14.3. The van der Waals surface area contributed by atoms with E-state index in [1.165, 1.54) is 0 Å². The summed E-state index contributed by atoms with van der Waals surface area (Å²) in [5.41, 5.74) is 3.83. The number of aromatic carboxylic acids is 1. The Morgan fingerprint density at radius 2 is 1.86 bits per heavy atom. The van der Waals surface area contributed by atoms with Gasteiger partial charge in [-0.15, -0.1) is 0 Å². The third-order valence-corrected chi connectivity index (χ3v) is 8.20. The molecule has 0 radical (unpaired) electrons. The van der Waals surface area contributed by atoms with Gasteiger partial charge in [-0.25, -0.2) is 14.8 Å². The summed E-state index contributed by atoms with van der Waals surface area (Å²) in [5, 5.41) is 11.7. The van der Waals surface area contributed by atoms with E-state index in [-0.39, 0.29) is 5.56 Å². The average Bonchev–Trinajstić information content (AvgIpc) is 3.34. The lowest BCUT2D eigenvalue weighted by molar-refractivity contribution is 0.0697. The molecular weight excluding hydrogens is 530 g/mol. The van der Waals surface area contributed by atoms with Crippen LogP contribution in [0.2, 0.25) is 0 Å². The summed E-state index contributed by atoms with van der Waals surface area (Å²) in [6.07, 6.45) is 5.84. The van der Waals surface area contributed by atoms with Crippen LogP contribution in [-0.2, 0) is 24.4 Å². The maximum Gasteiger partial charge on any atom is 0.335 e. The molecule has 0 saturated carbocycles. The zero-order valence-corrected chi connectivity index (χ0v) is 23.1. The molecule has 212 valence electrons. The minimum absolute atomic E-state index is 0.256. The van der Waals surface area contributed by atoms with Gasteiger partial charge < -0.3 is 19.1 Å². The number of hydrogen-bond acceptors (Lipinski definition) is 7. The van der Waals surface area contributed by atoms with Crippen molar-refractivity contribution in [3.8, 4) is 5.88 Å². The summed E-state index contributed by atoms with van der Waals surface area (Å²) in [6, 6.07) is 21.3. The predicted octanol–water partition coefficient (Wildman–Crippen LogP) is 5.55. The molecule has 0 bridgehead atoms. The lowest BCUT2D eigenvalue weighted by Crippen LogP contribution is -2.33. The number of ether oxygens (including phenoxy) is 2. The first kappa shape index (κ1) is 26.2. The first-order valence-electron chi connectivity index (χ1n) is 14.3. The van der Waals surface area contributed by atoms with Gasteiger partial charge in [0.05, 0.1) is 35.4 Å². The minimum Gasteiger partial charge on any atom is -0.492 e. The van der Waals surface area contributed by atoms with Crippen LogP contribution in [0.5, 0.6) is 5.88 Å². The van der Waals surface area contributed by atoms with Crippen LogP contribution in [0.25, 0.3) is 21.8 Å². The van der Waals surface area contributed by atoms with E-state index in [0.717, 1.165) is 70.7 Å². The molecule has 0 amide bonds. The maximum atomic E-state index is 11.6. The molecule has 7 rings (SSSR count). The highest BCUT2D eigenvalue weighted by Crippen LogP contribution is 2.30. The molecule has 0 unspecified atom stereocenters. The quantitative estimate of drug-likeness (QED) is 0.250. The molecule has 9 nitrogen and oxygen atoms in total. The number of allylic oxidation sites excluding steroid dienone is 1. The van der Waals surface area contributed by atoms with Crippen molar-refractivity contribution >= 4 is 27.8 Å². The van der Waals surface area contributed by atoms with Gasteiger partial charge in [0, 0.05) is 29.3 Å². The Labute approximate surface area is 243 Å². The Morgan fingerprint density at radius 3 is 2.67 bits per heavy atom. The number of likely N-dealkylation sites (tertiary alicyclic amines) is 1. The van der Waals surface area contributed by atoms with Crippen LogP contribution < -0.4 is 4.74 Å². The van der Waals surface area contributed by atoms with Gasteiger partial charge in [-0.3, -0.25) is 9.88 Å². The number of benzene rings is 2. The van der Waals surface area contributed by atoms with E-state index in [4.69, 9.17) is 19.4 Å². The molecule has 2 aromatic carbocycles. The molecule has 1 N–H and O–H groups in total. The molecule has 0 aliphatic carbocycles.